The van der Waals surface area contributed by atoms with Crippen LogP contribution in [0.25, 0.3) is 76.3 Å². The lowest BCUT2D eigenvalue weighted by molar-refractivity contribution is 0.0687. The number of thiazole rings is 1. The highest BCUT2D eigenvalue weighted by molar-refractivity contribution is 7.16. The number of aromatic amines is 3. The number of hydrogen-bond donors (Lipinski definition) is 5. The lowest BCUT2D eigenvalue weighted by Crippen LogP contribution is -2.13. The Bertz CT molecular complexity index is 5760. The normalized spacial score (nSPS) is 12.3. The first-order chi connectivity index (χ1) is 48.4. The molecule has 0 fully saturated rings. The van der Waals surface area contributed by atoms with Crippen LogP contribution in [0, 0.1) is 13.8 Å². The Morgan fingerprint density at radius 3 is 1.60 bits per heavy atom. The summed E-state index contributed by atoms with van der Waals surface area (Å²) >= 11 is 1.46. The zero-order chi connectivity index (χ0) is 67.7. The van der Waals surface area contributed by atoms with Gasteiger partial charge in [-0.1, -0.05) is 97.1 Å². The van der Waals surface area contributed by atoms with Crippen molar-refractivity contribution in [1.29, 1.82) is 0 Å². The maximum Gasteiger partial charge on any atom is 0.353 e. The minimum absolute atomic E-state index is 0.0328. The first kappa shape index (κ1) is 63.2. The van der Waals surface area contributed by atoms with Gasteiger partial charge in [0.25, 0.3) is 16.7 Å². The third-order valence-corrected chi connectivity index (χ3v) is 20.2. The van der Waals surface area contributed by atoms with Crippen molar-refractivity contribution < 1.29 is 14.6 Å². The maximum absolute atomic E-state index is 12.8. The molecule has 16 heteroatoms. The number of anilines is 1. The van der Waals surface area contributed by atoms with E-state index in [2.05, 4.69) is 157 Å². The molecule has 0 saturated carbocycles. The summed E-state index contributed by atoms with van der Waals surface area (Å²) < 4.78 is 13.5. The van der Waals surface area contributed by atoms with Crippen LogP contribution in [0.15, 0.2) is 239 Å². The molecule has 0 spiro atoms. The molecule has 15 aromatic rings. The fourth-order valence-corrected chi connectivity index (χ4v) is 15.4. The smallest absolute Gasteiger partial charge is 0.353 e. The van der Waals surface area contributed by atoms with Crippen molar-refractivity contribution in [3.05, 3.63) is 328 Å². The number of nitrogen functional groups attached to an aromatic ring is 1. The van der Waals surface area contributed by atoms with E-state index in [4.69, 9.17) is 10.5 Å². The second-order valence-electron chi connectivity index (χ2n) is 25.6. The molecule has 2 aliphatic carbocycles. The molecule has 2 aliphatic rings. The van der Waals surface area contributed by atoms with Gasteiger partial charge in [-0.2, -0.15) is 0 Å². The van der Waals surface area contributed by atoms with Gasteiger partial charge < -0.3 is 44.2 Å². The van der Waals surface area contributed by atoms with Gasteiger partial charge in [-0.15, -0.1) is 11.3 Å². The molecule has 0 atom stereocenters. The average molecular weight is 1320 g/mol. The largest absolute Gasteiger partial charge is 0.489 e. The van der Waals surface area contributed by atoms with E-state index < -0.39 is 5.97 Å². The third kappa shape index (κ3) is 12.7. The molecule has 490 valence electrons. The highest BCUT2D eigenvalue weighted by Gasteiger charge is 2.28. The van der Waals surface area contributed by atoms with E-state index in [-0.39, 0.29) is 28.9 Å². The van der Waals surface area contributed by atoms with Crippen LogP contribution in [0.2, 0.25) is 0 Å². The molecule has 0 aliphatic heterocycles. The van der Waals surface area contributed by atoms with E-state index in [1.807, 2.05) is 60.7 Å². The number of nitrogens with two attached hydrogens (primary N) is 1. The lowest BCUT2D eigenvalue weighted by atomic mass is 9.99. The summed E-state index contributed by atoms with van der Waals surface area (Å²) in [6, 6.07) is 65.6. The van der Waals surface area contributed by atoms with Crippen LogP contribution in [-0.4, -0.2) is 49.7 Å². The van der Waals surface area contributed by atoms with Crippen molar-refractivity contribution in [2.24, 2.45) is 0 Å². The number of nitrogens with one attached hydrogen (secondary N) is 3. The Balaban J connectivity index is 0.000000121. The van der Waals surface area contributed by atoms with Gasteiger partial charge in [-0.3, -0.25) is 14.4 Å². The summed E-state index contributed by atoms with van der Waals surface area (Å²) in [4.78, 5) is 67.3. The average Bonchev–Trinajstić information content (AvgIpc) is 1.60. The molecule has 6 N–H and O–H groups in total. The Hall–Kier alpha value is -11.9. The van der Waals surface area contributed by atoms with Gasteiger partial charge in [0.1, 0.15) is 23.9 Å². The Labute approximate surface area is 574 Å². The summed E-state index contributed by atoms with van der Waals surface area (Å²) in [5, 5.41) is 13.2. The van der Waals surface area contributed by atoms with Crippen molar-refractivity contribution in [1.82, 2.24) is 38.6 Å². The van der Waals surface area contributed by atoms with Crippen LogP contribution in [0.1, 0.15) is 90.4 Å². The maximum atomic E-state index is 12.8. The Morgan fingerprint density at radius 2 is 1.01 bits per heavy atom. The van der Waals surface area contributed by atoms with Crippen molar-refractivity contribution in [2.75, 3.05) is 5.73 Å². The number of aromatic carboxylic acids is 1. The number of ether oxygens (including phenoxy) is 1. The fraction of sp³-hybridized carbons (Fsp3) is 0.157. The van der Waals surface area contributed by atoms with Gasteiger partial charge in [-0.05, 0) is 211 Å². The number of pyridine rings is 4. The molecule has 0 bridgehead atoms. The van der Waals surface area contributed by atoms with Crippen LogP contribution in [-0.2, 0) is 58.3 Å². The molecule has 8 heterocycles. The third-order valence-electron chi connectivity index (χ3n) is 19.4. The van der Waals surface area contributed by atoms with Gasteiger partial charge in [0, 0.05) is 116 Å². The van der Waals surface area contributed by atoms with E-state index in [0.717, 1.165) is 105 Å². The Morgan fingerprint density at radius 1 is 0.505 bits per heavy atom. The number of aryl methyl sites for hydroxylation is 4. The molecule has 17 rings (SSSR count). The standard InChI is InChI=1S/C31H28N2O2.C31H28N2O.C21H15N5O3S/c1-21-30(27-14-7-15-32-31(27)34)28-17-24-11-6-12-25(24)18-29(28)33(21)19-23-10-5-13-26(16-23)35-20-22-8-3-2-4-9-22;1-21-30(27-15-8-16-32-31(27)34)28-18-24-13-7-14-25(24)19-29(28)33(21)20-26-12-6-5-11-23(26)17-22-9-3-2-4-10-22;22-17-6-11(3-5-23-17)9-26-15-8-14-16(30-10-25-14)7-13(15)18(19(26)21(28)29)12-2-1-4-24-20(12)27/h2-5,7-10,13-18H,6,11-12,19-20H2,1H3,(H,32,34);2-6,8-12,15-16,18-19H,7,13-14,17,20H2,1H3,(H,32,34);1-8,10H,9H2,(H2,22,23)(H,24,27)(H,28,29). The summed E-state index contributed by atoms with van der Waals surface area (Å²) in [7, 11) is 0. The molecule has 0 unspecified atom stereocenters. The van der Waals surface area contributed by atoms with E-state index in [1.54, 1.807) is 52.9 Å². The van der Waals surface area contributed by atoms with Gasteiger partial charge in [0.2, 0.25) is 0 Å². The molecule has 0 radical (unpaired) electrons. The highest BCUT2D eigenvalue weighted by atomic mass is 32.1. The summed E-state index contributed by atoms with van der Waals surface area (Å²) in [5.74, 6) is 0.0892. The van der Waals surface area contributed by atoms with Crippen molar-refractivity contribution in [3.63, 3.8) is 0 Å². The van der Waals surface area contributed by atoms with E-state index in [1.165, 1.54) is 91.3 Å². The molecule has 8 aromatic heterocycles. The first-order valence-corrected chi connectivity index (χ1v) is 34.3. The molecular formula is C83H71N9O6S. The highest BCUT2D eigenvalue weighted by Crippen LogP contribution is 2.41. The number of hydrogen-bond acceptors (Lipinski definition) is 9. The van der Waals surface area contributed by atoms with Gasteiger partial charge >= 0.3 is 5.97 Å². The molecule has 0 amide bonds. The predicted octanol–water partition coefficient (Wildman–Crippen LogP) is 16.2. The number of nitrogens with zero attached hydrogens (tertiary/aromatic N) is 5. The number of carbonyl (C=O) groups is 1. The second-order valence-corrected chi connectivity index (χ2v) is 26.4. The number of carboxylic acid groups (broad SMARTS) is 1. The number of benzene rings is 7. The van der Waals surface area contributed by atoms with Crippen LogP contribution in [0.4, 0.5) is 5.82 Å². The van der Waals surface area contributed by atoms with E-state index in [0.29, 0.717) is 41.0 Å². The molecule has 7 aromatic carbocycles. The fourth-order valence-electron chi connectivity index (χ4n) is 14.7. The van der Waals surface area contributed by atoms with Gasteiger partial charge in [0.15, 0.2) is 0 Å². The molecule has 15 nitrogen and oxygen atoms in total. The zero-order valence-electron chi connectivity index (χ0n) is 54.9. The zero-order valence-corrected chi connectivity index (χ0v) is 55.7. The van der Waals surface area contributed by atoms with Crippen LogP contribution in [0.5, 0.6) is 5.75 Å². The number of fused-ring (bicyclic) bond motifs is 6. The summed E-state index contributed by atoms with van der Waals surface area (Å²) in [6.45, 7) is 6.59. The van der Waals surface area contributed by atoms with Crippen LogP contribution >= 0.6 is 11.3 Å². The minimum Gasteiger partial charge on any atom is -0.489 e. The van der Waals surface area contributed by atoms with Crippen molar-refractivity contribution in [3.8, 4) is 39.1 Å². The molecule has 0 saturated heterocycles. The van der Waals surface area contributed by atoms with E-state index >= 15 is 0 Å². The van der Waals surface area contributed by atoms with Crippen LogP contribution in [0.3, 0.4) is 0 Å². The number of carboxylic acids is 1. The van der Waals surface area contributed by atoms with Gasteiger partial charge in [-0.25, -0.2) is 14.8 Å². The number of rotatable bonds is 15. The van der Waals surface area contributed by atoms with Crippen molar-refractivity contribution >= 4 is 66.0 Å². The predicted molar refractivity (Wildman–Crippen MR) is 397 cm³/mol. The Kier molecular flexibility index (Phi) is 17.4. The van der Waals surface area contributed by atoms with Crippen molar-refractivity contribution in [2.45, 2.75) is 85.0 Å². The lowest BCUT2D eigenvalue weighted by Gasteiger charge is -2.14. The number of aromatic nitrogens is 8. The monoisotopic (exact) mass is 1320 g/mol. The minimum atomic E-state index is -1.12. The summed E-state index contributed by atoms with van der Waals surface area (Å²) in [5.41, 5.74) is 30.4. The van der Waals surface area contributed by atoms with E-state index in [9.17, 15) is 24.3 Å². The van der Waals surface area contributed by atoms with Gasteiger partial charge in [0.05, 0.1) is 21.2 Å². The second kappa shape index (κ2) is 27.3. The SMILES string of the molecule is Cc1c(-c2ccc[nH]c2=O)c2cc3c(cc2n1Cc1cccc(OCc2ccccc2)c1)CCC3.Cc1c(-c2ccc[nH]c2=O)c2cc3c(cc2n1Cc1ccccc1Cc1ccccc1)CCC3.Nc1cc(Cn2c(C(=O)O)c(-c3ccc[nH]c3=O)c3cc4scnc4cc32)ccn1. The number of H-pyrrole nitrogens is 3. The van der Waals surface area contributed by atoms with Crippen LogP contribution < -0.4 is 27.1 Å². The topological polar surface area (TPSA) is 212 Å². The molecule has 99 heavy (non-hydrogen) atoms. The quantitative estimate of drug-likeness (QED) is 0.0660. The summed E-state index contributed by atoms with van der Waals surface area (Å²) in [6.07, 6.45) is 14.3. The molecular weight excluding hydrogens is 1250 g/mol. The first-order valence-electron chi connectivity index (χ1n) is 33.4.